The molecule has 0 aromatic carbocycles. The lowest BCUT2D eigenvalue weighted by Gasteiger charge is -2.42. The van der Waals surface area contributed by atoms with Crippen LogP contribution >= 0.6 is 22.6 Å². The number of hydrogen-bond donors (Lipinski definition) is 1. The van der Waals surface area contributed by atoms with Gasteiger partial charge in [0.25, 0.3) is 0 Å². The number of nitrogens with one attached hydrogen (secondary N) is 1. The first-order valence-electron chi connectivity index (χ1n) is 7.04. The molecule has 0 atom stereocenters. The third-order valence-electron chi connectivity index (χ3n) is 3.29. The van der Waals surface area contributed by atoms with Crippen LogP contribution in [0.3, 0.4) is 0 Å². The molecule has 1 amide bonds. The minimum atomic E-state index is -0.490. The lowest BCUT2D eigenvalue weighted by Crippen LogP contribution is -2.58. The lowest BCUT2D eigenvalue weighted by atomic mass is 9.77. The average molecular weight is 404 g/mol. The van der Waals surface area contributed by atoms with Crippen molar-refractivity contribution in [3.8, 4) is 5.75 Å². The molecule has 2 rings (SSSR count). The number of rotatable bonds is 4. The second-order valence-corrected chi connectivity index (χ2v) is 7.47. The quantitative estimate of drug-likeness (QED) is 0.617. The van der Waals surface area contributed by atoms with E-state index in [1.54, 1.807) is 6.20 Å². The smallest absolute Gasteiger partial charge is 0.408 e. The molecule has 1 aromatic heterocycles. The normalized spacial score (nSPS) is 16.8. The van der Waals surface area contributed by atoms with Gasteiger partial charge >= 0.3 is 6.09 Å². The highest BCUT2D eigenvalue weighted by atomic mass is 127. The first-order valence-corrected chi connectivity index (χ1v) is 8.11. The van der Waals surface area contributed by atoms with Gasteiger partial charge in [-0.1, -0.05) is 0 Å². The van der Waals surface area contributed by atoms with Crippen LogP contribution in [0.2, 0.25) is 0 Å². The van der Waals surface area contributed by atoms with Crippen molar-refractivity contribution in [2.45, 2.75) is 51.2 Å². The zero-order valence-electron chi connectivity index (χ0n) is 12.6. The molecule has 116 valence electrons. The summed E-state index contributed by atoms with van der Waals surface area (Å²) in [7, 11) is 0. The van der Waals surface area contributed by atoms with E-state index in [-0.39, 0.29) is 11.6 Å². The van der Waals surface area contributed by atoms with Crippen LogP contribution in [-0.2, 0) is 4.74 Å². The van der Waals surface area contributed by atoms with Crippen LogP contribution in [0.15, 0.2) is 18.3 Å². The zero-order chi connectivity index (χ0) is 15.5. The Morgan fingerprint density at radius 2 is 2.14 bits per heavy atom. The zero-order valence-corrected chi connectivity index (χ0v) is 14.8. The lowest BCUT2D eigenvalue weighted by molar-refractivity contribution is 0.0293. The summed E-state index contributed by atoms with van der Waals surface area (Å²) in [5.41, 5.74) is -0.804. The summed E-state index contributed by atoms with van der Waals surface area (Å²) in [6, 6.07) is 3.78. The first kappa shape index (κ1) is 16.3. The molecule has 1 heterocycles. The number of nitrogens with zero attached hydrogens (tertiary/aromatic N) is 1. The molecule has 0 saturated heterocycles. The summed E-state index contributed by atoms with van der Waals surface area (Å²) in [6.07, 6.45) is 4.21. The predicted octanol–water partition coefficient (Wildman–Crippen LogP) is 3.51. The highest BCUT2D eigenvalue weighted by Gasteiger charge is 2.40. The third kappa shape index (κ3) is 5.01. The molecule has 21 heavy (non-hydrogen) atoms. The van der Waals surface area contributed by atoms with Gasteiger partial charge in [0, 0.05) is 0 Å². The Balaban J connectivity index is 1.89. The maximum absolute atomic E-state index is 11.9. The van der Waals surface area contributed by atoms with E-state index in [0.29, 0.717) is 12.4 Å². The molecule has 0 radical (unpaired) electrons. The van der Waals surface area contributed by atoms with Gasteiger partial charge < -0.3 is 14.8 Å². The minimum absolute atomic E-state index is 0.314. The van der Waals surface area contributed by atoms with Gasteiger partial charge in [-0.2, -0.15) is 0 Å². The molecular weight excluding hydrogens is 383 g/mol. The molecule has 1 aliphatic carbocycles. The molecule has 1 aliphatic rings. The van der Waals surface area contributed by atoms with Crippen molar-refractivity contribution in [3.05, 3.63) is 22.0 Å². The van der Waals surface area contributed by atoms with Crippen LogP contribution in [-0.4, -0.2) is 28.8 Å². The SMILES string of the molecule is CC(C)(C)OC(=O)NC1(COc2ccc(I)nc2)CCC1. The number of hydrogen-bond acceptors (Lipinski definition) is 4. The van der Waals surface area contributed by atoms with Crippen LogP contribution in [0.25, 0.3) is 0 Å². The van der Waals surface area contributed by atoms with E-state index in [9.17, 15) is 4.79 Å². The molecule has 1 fully saturated rings. The van der Waals surface area contributed by atoms with E-state index in [0.717, 1.165) is 23.0 Å². The Hall–Kier alpha value is -1.05. The van der Waals surface area contributed by atoms with Crippen LogP contribution in [0.4, 0.5) is 4.79 Å². The van der Waals surface area contributed by atoms with Gasteiger partial charge in [-0.15, -0.1) is 0 Å². The molecule has 1 aromatic rings. The molecule has 1 N–H and O–H groups in total. The summed E-state index contributed by atoms with van der Waals surface area (Å²) < 4.78 is 12.0. The predicted molar refractivity (Wildman–Crippen MR) is 88.4 cm³/mol. The number of carbonyl (C=O) groups is 1. The van der Waals surface area contributed by atoms with Crippen LogP contribution in [0.1, 0.15) is 40.0 Å². The van der Waals surface area contributed by atoms with E-state index in [4.69, 9.17) is 9.47 Å². The van der Waals surface area contributed by atoms with E-state index >= 15 is 0 Å². The fraction of sp³-hybridized carbons (Fsp3) is 0.600. The topological polar surface area (TPSA) is 60.5 Å². The second kappa shape index (κ2) is 6.37. The van der Waals surface area contributed by atoms with Crippen LogP contribution in [0, 0.1) is 3.70 Å². The van der Waals surface area contributed by atoms with Gasteiger partial charge in [0.1, 0.15) is 21.7 Å². The van der Waals surface area contributed by atoms with E-state index in [2.05, 4.69) is 32.9 Å². The van der Waals surface area contributed by atoms with Crippen LogP contribution < -0.4 is 10.1 Å². The van der Waals surface area contributed by atoms with Gasteiger partial charge in [0.2, 0.25) is 0 Å². The van der Waals surface area contributed by atoms with Crippen molar-refractivity contribution in [2.24, 2.45) is 0 Å². The highest BCUT2D eigenvalue weighted by Crippen LogP contribution is 2.33. The van der Waals surface area contributed by atoms with Crippen LogP contribution in [0.5, 0.6) is 5.75 Å². The highest BCUT2D eigenvalue weighted by molar-refractivity contribution is 14.1. The molecule has 5 nitrogen and oxygen atoms in total. The number of halogens is 1. The Labute approximate surface area is 138 Å². The monoisotopic (exact) mass is 404 g/mol. The maximum atomic E-state index is 11.9. The number of amides is 1. The summed E-state index contributed by atoms with van der Waals surface area (Å²) in [6.45, 7) is 6.00. The van der Waals surface area contributed by atoms with E-state index in [1.165, 1.54) is 0 Å². The van der Waals surface area contributed by atoms with E-state index in [1.807, 2.05) is 32.9 Å². The van der Waals surface area contributed by atoms with Crippen molar-refractivity contribution in [2.75, 3.05) is 6.61 Å². The largest absolute Gasteiger partial charge is 0.490 e. The Morgan fingerprint density at radius 1 is 1.43 bits per heavy atom. The standard InChI is InChI=1S/C15H21IN2O3/c1-14(2,3)21-13(19)18-15(7-4-8-15)10-20-11-5-6-12(16)17-9-11/h5-6,9H,4,7-8,10H2,1-3H3,(H,18,19). The first-order chi connectivity index (χ1) is 9.78. The van der Waals surface area contributed by atoms with Crippen molar-refractivity contribution >= 4 is 28.7 Å². The Kier molecular flexibility index (Phi) is 4.95. The molecule has 0 spiro atoms. The summed E-state index contributed by atoms with van der Waals surface area (Å²) in [5.74, 6) is 0.715. The third-order valence-corrected chi connectivity index (χ3v) is 3.93. The van der Waals surface area contributed by atoms with Crippen molar-refractivity contribution in [1.29, 1.82) is 0 Å². The summed E-state index contributed by atoms with van der Waals surface area (Å²) in [4.78, 5) is 16.1. The molecule has 0 bridgehead atoms. The van der Waals surface area contributed by atoms with Gasteiger partial charge in [-0.25, -0.2) is 9.78 Å². The molecule has 0 aliphatic heterocycles. The second-order valence-electron chi connectivity index (χ2n) is 6.37. The fourth-order valence-electron chi connectivity index (χ4n) is 2.10. The van der Waals surface area contributed by atoms with Crippen molar-refractivity contribution < 1.29 is 14.3 Å². The van der Waals surface area contributed by atoms with Gasteiger partial charge in [0.05, 0.1) is 11.7 Å². The molecule has 0 unspecified atom stereocenters. The molecule has 1 saturated carbocycles. The van der Waals surface area contributed by atoms with E-state index < -0.39 is 5.60 Å². The maximum Gasteiger partial charge on any atom is 0.408 e. The van der Waals surface area contributed by atoms with Gasteiger partial charge in [-0.3, -0.25) is 0 Å². The fourth-order valence-corrected chi connectivity index (χ4v) is 2.42. The number of alkyl carbamates (subject to hydrolysis) is 1. The molecule has 6 heteroatoms. The van der Waals surface area contributed by atoms with Gasteiger partial charge in [0.15, 0.2) is 0 Å². The summed E-state index contributed by atoms with van der Waals surface area (Å²) in [5, 5.41) is 2.96. The summed E-state index contributed by atoms with van der Waals surface area (Å²) >= 11 is 2.15. The average Bonchev–Trinajstić information content (AvgIpc) is 2.32. The number of pyridine rings is 1. The number of ether oxygens (including phenoxy) is 2. The molecular formula is C15H21IN2O3. The Bertz CT molecular complexity index is 493. The number of aromatic nitrogens is 1. The van der Waals surface area contributed by atoms with Gasteiger partial charge in [-0.05, 0) is 74.8 Å². The number of carbonyl (C=O) groups excluding carboxylic acids is 1. The van der Waals surface area contributed by atoms with Crippen molar-refractivity contribution in [3.63, 3.8) is 0 Å². The Morgan fingerprint density at radius 3 is 2.62 bits per heavy atom. The van der Waals surface area contributed by atoms with Crippen molar-refractivity contribution in [1.82, 2.24) is 10.3 Å². The minimum Gasteiger partial charge on any atom is -0.490 e.